The number of nitrogens with zero attached hydrogens (tertiary/aromatic N) is 2. The second-order valence-electron chi connectivity index (χ2n) is 3.79. The highest BCUT2D eigenvalue weighted by Gasteiger charge is 2.03. The van der Waals surface area contributed by atoms with Crippen LogP contribution in [0.15, 0.2) is 47.5 Å². The highest BCUT2D eigenvalue weighted by Crippen LogP contribution is 2.29. The lowest BCUT2D eigenvalue weighted by molar-refractivity contribution is 1.17. The van der Waals surface area contributed by atoms with Crippen molar-refractivity contribution in [1.82, 2.24) is 9.97 Å². The minimum Gasteiger partial charge on any atom is -0.375 e. The Hall–Kier alpha value is -1.59. The van der Waals surface area contributed by atoms with Crippen LogP contribution in [0.4, 0.5) is 5.13 Å². The summed E-state index contributed by atoms with van der Waals surface area (Å²) >= 11 is 3.30. The van der Waals surface area contributed by atoms with Crippen LogP contribution in [0.25, 0.3) is 10.2 Å². The number of hydrogen-bond donors (Lipinski definition) is 1. The summed E-state index contributed by atoms with van der Waals surface area (Å²) in [4.78, 5) is 9.78. The molecule has 0 amide bonds. The molecule has 3 aromatic rings. The van der Waals surface area contributed by atoms with Gasteiger partial charge in [-0.3, -0.25) is 4.98 Å². The summed E-state index contributed by atoms with van der Waals surface area (Å²) in [7, 11) is 0. The van der Waals surface area contributed by atoms with Gasteiger partial charge in [0.1, 0.15) is 0 Å². The van der Waals surface area contributed by atoms with Gasteiger partial charge in [-0.15, -0.1) is 11.8 Å². The minimum absolute atomic E-state index is 0.622. The second kappa shape index (κ2) is 4.96. The number of anilines is 1. The first-order valence-electron chi connectivity index (χ1n) is 5.50. The van der Waals surface area contributed by atoms with E-state index < -0.39 is 0 Å². The van der Waals surface area contributed by atoms with Gasteiger partial charge in [0, 0.05) is 16.8 Å². The van der Waals surface area contributed by atoms with Gasteiger partial charge in [0.2, 0.25) is 0 Å². The van der Waals surface area contributed by atoms with E-state index in [0.29, 0.717) is 5.13 Å². The van der Waals surface area contributed by atoms with Gasteiger partial charge in [-0.2, -0.15) is 0 Å². The molecule has 3 nitrogen and oxygen atoms in total. The Balaban J connectivity index is 1.78. The fourth-order valence-corrected chi connectivity index (χ4v) is 3.35. The molecule has 0 atom stereocenters. The van der Waals surface area contributed by atoms with Gasteiger partial charge < -0.3 is 5.73 Å². The molecule has 2 aromatic heterocycles. The first-order valence-corrected chi connectivity index (χ1v) is 7.30. The molecule has 18 heavy (non-hydrogen) atoms. The van der Waals surface area contributed by atoms with Crippen LogP contribution in [-0.2, 0) is 5.75 Å². The van der Waals surface area contributed by atoms with Gasteiger partial charge in [-0.1, -0.05) is 17.4 Å². The number of nitrogen functional groups attached to an aromatic ring is 1. The monoisotopic (exact) mass is 273 g/mol. The summed E-state index contributed by atoms with van der Waals surface area (Å²) in [5.74, 6) is 0.876. The molecule has 0 fully saturated rings. The van der Waals surface area contributed by atoms with Crippen molar-refractivity contribution < 1.29 is 0 Å². The normalized spacial score (nSPS) is 10.9. The molecule has 2 heterocycles. The molecule has 0 unspecified atom stereocenters. The van der Waals surface area contributed by atoms with Crippen molar-refractivity contribution in [3.63, 3.8) is 0 Å². The largest absolute Gasteiger partial charge is 0.375 e. The zero-order chi connectivity index (χ0) is 12.4. The standard InChI is InChI=1S/C13H11N3S2/c14-13-16-11-5-4-10(7-12(11)18-13)17-8-9-3-1-2-6-15-9/h1-7H,8H2,(H2,14,16). The molecule has 0 bridgehead atoms. The Morgan fingerprint density at radius 1 is 1.22 bits per heavy atom. The summed E-state index contributed by atoms with van der Waals surface area (Å²) in [6.45, 7) is 0. The first kappa shape index (κ1) is 11.5. The molecular weight excluding hydrogens is 262 g/mol. The Bertz CT molecular complexity index is 664. The van der Waals surface area contributed by atoms with Gasteiger partial charge in [-0.05, 0) is 30.3 Å². The van der Waals surface area contributed by atoms with Crippen LogP contribution < -0.4 is 5.73 Å². The number of hydrogen-bond acceptors (Lipinski definition) is 5. The van der Waals surface area contributed by atoms with Crippen LogP contribution in [0.5, 0.6) is 0 Å². The molecule has 0 aliphatic rings. The number of aromatic nitrogens is 2. The van der Waals surface area contributed by atoms with Crippen molar-refractivity contribution in [2.45, 2.75) is 10.6 Å². The van der Waals surface area contributed by atoms with E-state index >= 15 is 0 Å². The second-order valence-corrected chi connectivity index (χ2v) is 5.90. The van der Waals surface area contributed by atoms with E-state index in [1.54, 1.807) is 11.8 Å². The number of rotatable bonds is 3. The van der Waals surface area contributed by atoms with Crippen molar-refractivity contribution in [3.8, 4) is 0 Å². The average molecular weight is 273 g/mol. The summed E-state index contributed by atoms with van der Waals surface area (Å²) in [5.41, 5.74) is 7.76. The maximum absolute atomic E-state index is 5.70. The number of thioether (sulfide) groups is 1. The van der Waals surface area contributed by atoms with Gasteiger partial charge in [0.15, 0.2) is 5.13 Å². The predicted molar refractivity (Wildman–Crippen MR) is 77.8 cm³/mol. The van der Waals surface area contributed by atoms with Crippen LogP contribution in [0.3, 0.4) is 0 Å². The average Bonchev–Trinajstić information content (AvgIpc) is 2.77. The lowest BCUT2D eigenvalue weighted by Crippen LogP contribution is -1.84. The van der Waals surface area contributed by atoms with Crippen molar-refractivity contribution in [2.24, 2.45) is 0 Å². The van der Waals surface area contributed by atoms with Crippen molar-refractivity contribution in [2.75, 3.05) is 5.73 Å². The van der Waals surface area contributed by atoms with E-state index in [2.05, 4.69) is 22.1 Å². The van der Waals surface area contributed by atoms with Crippen molar-refractivity contribution in [1.29, 1.82) is 0 Å². The third-order valence-corrected chi connectivity index (χ3v) is 4.36. The Kier molecular flexibility index (Phi) is 3.17. The van der Waals surface area contributed by atoms with E-state index in [9.17, 15) is 0 Å². The molecular formula is C13H11N3S2. The van der Waals surface area contributed by atoms with E-state index in [4.69, 9.17) is 5.73 Å². The zero-order valence-electron chi connectivity index (χ0n) is 9.54. The van der Waals surface area contributed by atoms with E-state index in [-0.39, 0.29) is 0 Å². The summed E-state index contributed by atoms with van der Waals surface area (Å²) in [6, 6.07) is 12.2. The lowest BCUT2D eigenvalue weighted by atomic mass is 10.3. The third-order valence-electron chi connectivity index (χ3n) is 2.49. The highest BCUT2D eigenvalue weighted by atomic mass is 32.2. The number of benzene rings is 1. The third kappa shape index (κ3) is 2.47. The lowest BCUT2D eigenvalue weighted by Gasteiger charge is -2.01. The number of nitrogens with two attached hydrogens (primary N) is 1. The van der Waals surface area contributed by atoms with Gasteiger partial charge in [-0.25, -0.2) is 4.98 Å². The molecule has 2 N–H and O–H groups in total. The molecule has 0 saturated heterocycles. The molecule has 5 heteroatoms. The Morgan fingerprint density at radius 2 is 2.17 bits per heavy atom. The molecule has 0 radical (unpaired) electrons. The van der Waals surface area contributed by atoms with E-state index in [0.717, 1.165) is 21.7 Å². The molecule has 1 aromatic carbocycles. The quantitative estimate of drug-likeness (QED) is 0.741. The van der Waals surface area contributed by atoms with Crippen LogP contribution in [-0.4, -0.2) is 9.97 Å². The number of pyridine rings is 1. The van der Waals surface area contributed by atoms with Crippen LogP contribution in [0.1, 0.15) is 5.69 Å². The first-order chi connectivity index (χ1) is 8.81. The van der Waals surface area contributed by atoms with Crippen LogP contribution in [0, 0.1) is 0 Å². The topological polar surface area (TPSA) is 51.8 Å². The zero-order valence-corrected chi connectivity index (χ0v) is 11.2. The predicted octanol–water partition coefficient (Wildman–Crippen LogP) is 3.57. The Labute approximate surface area is 113 Å². The van der Waals surface area contributed by atoms with Gasteiger partial charge >= 0.3 is 0 Å². The van der Waals surface area contributed by atoms with Crippen molar-refractivity contribution in [3.05, 3.63) is 48.3 Å². The van der Waals surface area contributed by atoms with Crippen molar-refractivity contribution >= 4 is 38.4 Å². The molecule has 90 valence electrons. The summed E-state index contributed by atoms with van der Waals surface area (Å²) in [6.07, 6.45) is 1.82. The fraction of sp³-hybridized carbons (Fsp3) is 0.0769. The summed E-state index contributed by atoms with van der Waals surface area (Å²) < 4.78 is 1.14. The Morgan fingerprint density at radius 3 is 3.00 bits per heavy atom. The maximum atomic E-state index is 5.70. The molecule has 0 aliphatic heterocycles. The SMILES string of the molecule is Nc1nc2ccc(SCc3ccccn3)cc2s1. The smallest absolute Gasteiger partial charge is 0.181 e. The van der Waals surface area contributed by atoms with E-state index in [1.165, 1.54) is 16.2 Å². The minimum atomic E-state index is 0.622. The molecule has 0 aliphatic carbocycles. The van der Waals surface area contributed by atoms with E-state index in [1.807, 2.05) is 30.5 Å². The number of fused-ring (bicyclic) bond motifs is 1. The molecule has 3 rings (SSSR count). The molecule has 0 spiro atoms. The highest BCUT2D eigenvalue weighted by molar-refractivity contribution is 7.98. The number of thiazole rings is 1. The van der Waals surface area contributed by atoms with Gasteiger partial charge in [0.25, 0.3) is 0 Å². The molecule has 0 saturated carbocycles. The fourth-order valence-electron chi connectivity index (χ4n) is 1.65. The maximum Gasteiger partial charge on any atom is 0.181 e. The van der Waals surface area contributed by atoms with Gasteiger partial charge in [0.05, 0.1) is 15.9 Å². The van der Waals surface area contributed by atoms with Crippen LogP contribution in [0.2, 0.25) is 0 Å². The van der Waals surface area contributed by atoms with Crippen LogP contribution >= 0.6 is 23.1 Å². The summed E-state index contributed by atoms with van der Waals surface area (Å²) in [5, 5.41) is 0.622.